The van der Waals surface area contributed by atoms with E-state index < -0.39 is 16.8 Å². The van der Waals surface area contributed by atoms with Crippen LogP contribution in [0.1, 0.15) is 52.9 Å². The van der Waals surface area contributed by atoms with Crippen LogP contribution in [0.3, 0.4) is 0 Å². The standard InChI is InChI=1S/C29H25FN2O3/c1-18(2)28(22-9-7-19(15-31)8-10-22)17-29(28)24-14-23(30)11-12-25(24)32(27(29)34)16-20-5-4-6-21(13-20)26(33)35-3/h4-14,18H,16-17H2,1-3H3. The highest BCUT2D eigenvalue weighted by Crippen LogP contribution is 2.73. The number of hydrogen-bond donors (Lipinski definition) is 0. The topological polar surface area (TPSA) is 70.4 Å². The molecule has 2 aliphatic rings. The van der Waals surface area contributed by atoms with Gasteiger partial charge < -0.3 is 9.64 Å². The molecule has 3 aromatic rings. The maximum Gasteiger partial charge on any atom is 0.337 e. The molecule has 35 heavy (non-hydrogen) atoms. The van der Waals surface area contributed by atoms with E-state index in [0.717, 1.165) is 11.1 Å². The van der Waals surface area contributed by atoms with Crippen LogP contribution in [0, 0.1) is 23.1 Å². The minimum Gasteiger partial charge on any atom is -0.465 e. The van der Waals surface area contributed by atoms with E-state index in [0.29, 0.717) is 28.8 Å². The van der Waals surface area contributed by atoms with Gasteiger partial charge >= 0.3 is 5.97 Å². The molecule has 1 amide bonds. The summed E-state index contributed by atoms with van der Waals surface area (Å²) in [5.74, 6) is -0.798. The molecule has 1 spiro atoms. The van der Waals surface area contributed by atoms with Crippen molar-refractivity contribution in [2.45, 2.75) is 37.6 Å². The summed E-state index contributed by atoms with van der Waals surface area (Å²) in [5.41, 5.74) is 2.72. The first kappa shape index (κ1) is 22.8. The second kappa shape index (κ2) is 8.06. The predicted octanol–water partition coefficient (Wildman–Crippen LogP) is 5.27. The molecule has 5 nitrogen and oxygen atoms in total. The van der Waals surface area contributed by atoms with E-state index in [2.05, 4.69) is 19.9 Å². The molecule has 0 aromatic heterocycles. The average molecular weight is 469 g/mol. The number of nitrogens with zero attached hydrogens (tertiary/aromatic N) is 2. The van der Waals surface area contributed by atoms with Crippen molar-refractivity contribution in [2.24, 2.45) is 5.92 Å². The summed E-state index contributed by atoms with van der Waals surface area (Å²) in [7, 11) is 1.33. The molecule has 0 bridgehead atoms. The fourth-order valence-electron chi connectivity index (χ4n) is 5.99. The van der Waals surface area contributed by atoms with Gasteiger partial charge in [-0.2, -0.15) is 5.26 Å². The quantitative estimate of drug-likeness (QED) is 0.479. The summed E-state index contributed by atoms with van der Waals surface area (Å²) >= 11 is 0. The fraction of sp³-hybridized carbons (Fsp3) is 0.276. The Morgan fingerprint density at radius 2 is 1.89 bits per heavy atom. The molecule has 0 saturated heterocycles. The molecule has 2 unspecified atom stereocenters. The number of carbonyl (C=O) groups is 2. The van der Waals surface area contributed by atoms with Crippen molar-refractivity contribution in [2.75, 3.05) is 12.0 Å². The number of anilines is 1. The number of esters is 1. The molecule has 3 aromatic carbocycles. The number of methoxy groups -OCH3 is 1. The first-order valence-electron chi connectivity index (χ1n) is 11.6. The van der Waals surface area contributed by atoms with Gasteiger partial charge in [0.25, 0.3) is 0 Å². The third kappa shape index (κ3) is 3.19. The van der Waals surface area contributed by atoms with Crippen LogP contribution in [0.4, 0.5) is 10.1 Å². The fourth-order valence-corrected chi connectivity index (χ4v) is 5.99. The van der Waals surface area contributed by atoms with E-state index in [1.54, 1.807) is 41.3 Å². The van der Waals surface area contributed by atoms with Crippen molar-refractivity contribution in [3.8, 4) is 6.07 Å². The molecular weight excluding hydrogens is 443 g/mol. The van der Waals surface area contributed by atoms with Gasteiger partial charge in [-0.05, 0) is 71.5 Å². The summed E-state index contributed by atoms with van der Waals surface area (Å²) < 4.78 is 19.4. The second-order valence-electron chi connectivity index (χ2n) is 9.64. The van der Waals surface area contributed by atoms with E-state index >= 15 is 0 Å². The second-order valence-corrected chi connectivity index (χ2v) is 9.64. The van der Waals surface area contributed by atoms with Crippen LogP contribution in [0.15, 0.2) is 66.7 Å². The zero-order chi connectivity index (χ0) is 25.0. The van der Waals surface area contributed by atoms with Gasteiger partial charge in [0.1, 0.15) is 5.82 Å². The summed E-state index contributed by atoms with van der Waals surface area (Å²) in [5, 5.41) is 9.23. The van der Waals surface area contributed by atoms with Crippen LogP contribution in [0.2, 0.25) is 0 Å². The number of benzene rings is 3. The molecule has 2 atom stereocenters. The third-order valence-corrected chi connectivity index (χ3v) is 7.70. The van der Waals surface area contributed by atoms with Gasteiger partial charge in [-0.1, -0.05) is 38.1 Å². The Balaban J connectivity index is 1.60. The first-order valence-corrected chi connectivity index (χ1v) is 11.6. The molecular formula is C29H25FN2O3. The minimum atomic E-state index is -0.882. The van der Waals surface area contributed by atoms with Crippen LogP contribution in [0.25, 0.3) is 0 Å². The van der Waals surface area contributed by atoms with E-state index in [1.807, 2.05) is 18.2 Å². The van der Waals surface area contributed by atoms with E-state index in [9.17, 15) is 19.2 Å². The van der Waals surface area contributed by atoms with Crippen LogP contribution >= 0.6 is 0 Å². The largest absolute Gasteiger partial charge is 0.465 e. The van der Waals surface area contributed by atoms with Gasteiger partial charge in [0, 0.05) is 11.1 Å². The molecule has 176 valence electrons. The SMILES string of the molecule is COC(=O)c1cccc(CN2C(=O)C3(CC3(c3ccc(C#N)cc3)C(C)C)c3cc(F)ccc32)c1. The van der Waals surface area contributed by atoms with Crippen molar-refractivity contribution in [1.29, 1.82) is 5.26 Å². The van der Waals surface area contributed by atoms with E-state index in [-0.39, 0.29) is 24.2 Å². The van der Waals surface area contributed by atoms with Crippen molar-refractivity contribution < 1.29 is 18.7 Å². The van der Waals surface area contributed by atoms with Gasteiger partial charge in [0.15, 0.2) is 0 Å². The zero-order valence-electron chi connectivity index (χ0n) is 19.8. The van der Waals surface area contributed by atoms with Crippen molar-refractivity contribution in [3.05, 3.63) is 100 Å². The van der Waals surface area contributed by atoms with Crippen molar-refractivity contribution >= 4 is 17.6 Å². The molecule has 0 N–H and O–H groups in total. The number of halogens is 1. The van der Waals surface area contributed by atoms with Crippen LogP contribution < -0.4 is 4.90 Å². The number of carbonyl (C=O) groups excluding carboxylic acids is 2. The lowest BCUT2D eigenvalue weighted by Gasteiger charge is -2.27. The smallest absolute Gasteiger partial charge is 0.337 e. The maximum atomic E-state index is 14.5. The highest BCUT2D eigenvalue weighted by Gasteiger charge is 2.77. The summed E-state index contributed by atoms with van der Waals surface area (Å²) in [6.07, 6.45) is 0.567. The first-order chi connectivity index (χ1) is 16.8. The number of ether oxygens (including phenoxy) is 1. The van der Waals surface area contributed by atoms with Crippen molar-refractivity contribution in [1.82, 2.24) is 0 Å². The number of rotatable bonds is 5. The van der Waals surface area contributed by atoms with Crippen LogP contribution in [-0.4, -0.2) is 19.0 Å². The van der Waals surface area contributed by atoms with Crippen LogP contribution in [0.5, 0.6) is 0 Å². The number of nitriles is 1. The van der Waals surface area contributed by atoms with Crippen LogP contribution in [-0.2, 0) is 26.9 Å². The lowest BCUT2D eigenvalue weighted by molar-refractivity contribution is -0.121. The Labute approximate surface area is 203 Å². The summed E-state index contributed by atoms with van der Waals surface area (Å²) in [6, 6.07) is 21.1. The Morgan fingerprint density at radius 1 is 1.14 bits per heavy atom. The highest BCUT2D eigenvalue weighted by atomic mass is 19.1. The number of amides is 1. The monoisotopic (exact) mass is 468 g/mol. The number of fused-ring (bicyclic) bond motifs is 2. The van der Waals surface area contributed by atoms with Gasteiger partial charge in [-0.15, -0.1) is 0 Å². The molecule has 1 aliphatic carbocycles. The van der Waals surface area contributed by atoms with Gasteiger partial charge in [0.2, 0.25) is 5.91 Å². The number of hydrogen-bond acceptors (Lipinski definition) is 4. The Hall–Kier alpha value is -3.98. The molecule has 1 aliphatic heterocycles. The molecule has 1 fully saturated rings. The molecule has 1 saturated carbocycles. The maximum absolute atomic E-state index is 14.5. The lowest BCUT2D eigenvalue weighted by Crippen LogP contribution is -2.38. The molecule has 1 heterocycles. The normalized spacial score (nSPS) is 22.3. The van der Waals surface area contributed by atoms with E-state index in [1.165, 1.54) is 19.2 Å². The molecule has 5 rings (SSSR count). The minimum absolute atomic E-state index is 0.0698. The Kier molecular flexibility index (Phi) is 5.25. The summed E-state index contributed by atoms with van der Waals surface area (Å²) in [6.45, 7) is 4.43. The third-order valence-electron chi connectivity index (χ3n) is 7.70. The van der Waals surface area contributed by atoms with Gasteiger partial charge in [-0.25, -0.2) is 9.18 Å². The Morgan fingerprint density at radius 3 is 2.54 bits per heavy atom. The van der Waals surface area contributed by atoms with Gasteiger partial charge in [-0.3, -0.25) is 4.79 Å². The Bertz CT molecular complexity index is 1390. The van der Waals surface area contributed by atoms with E-state index in [4.69, 9.17) is 4.74 Å². The average Bonchev–Trinajstić information content (AvgIpc) is 3.54. The highest BCUT2D eigenvalue weighted by molar-refractivity contribution is 6.12. The molecule has 6 heteroatoms. The van der Waals surface area contributed by atoms with Gasteiger partial charge in [0.05, 0.1) is 36.3 Å². The lowest BCUT2D eigenvalue weighted by atomic mass is 9.75. The molecule has 0 radical (unpaired) electrons. The summed E-state index contributed by atoms with van der Waals surface area (Å²) in [4.78, 5) is 27.9. The predicted molar refractivity (Wildman–Crippen MR) is 129 cm³/mol. The van der Waals surface area contributed by atoms with Crippen molar-refractivity contribution in [3.63, 3.8) is 0 Å². The zero-order valence-corrected chi connectivity index (χ0v) is 19.8.